The SMILES string of the molecule is CCCc1cc(Cl)ccc1OC(C)C(=O)O. The van der Waals surface area contributed by atoms with Crippen LogP contribution in [-0.4, -0.2) is 17.2 Å². The monoisotopic (exact) mass is 242 g/mol. The van der Waals surface area contributed by atoms with E-state index in [9.17, 15) is 4.79 Å². The van der Waals surface area contributed by atoms with Gasteiger partial charge in [0.2, 0.25) is 0 Å². The fourth-order valence-corrected chi connectivity index (χ4v) is 1.56. The van der Waals surface area contributed by atoms with Gasteiger partial charge >= 0.3 is 5.97 Å². The lowest BCUT2D eigenvalue weighted by atomic mass is 10.1. The first-order valence-corrected chi connectivity index (χ1v) is 5.60. The highest BCUT2D eigenvalue weighted by Gasteiger charge is 2.14. The van der Waals surface area contributed by atoms with Crippen LogP contribution >= 0.6 is 11.6 Å². The quantitative estimate of drug-likeness (QED) is 0.863. The highest BCUT2D eigenvalue weighted by molar-refractivity contribution is 6.30. The molecule has 88 valence electrons. The molecule has 0 aliphatic heterocycles. The van der Waals surface area contributed by atoms with Gasteiger partial charge in [-0.2, -0.15) is 0 Å². The van der Waals surface area contributed by atoms with Crippen molar-refractivity contribution in [2.24, 2.45) is 0 Å². The maximum absolute atomic E-state index is 10.7. The largest absolute Gasteiger partial charge is 0.479 e. The fourth-order valence-electron chi connectivity index (χ4n) is 1.37. The molecule has 1 atom stereocenters. The molecule has 0 aromatic heterocycles. The molecule has 4 heteroatoms. The molecule has 3 nitrogen and oxygen atoms in total. The maximum Gasteiger partial charge on any atom is 0.344 e. The molecule has 0 fully saturated rings. The summed E-state index contributed by atoms with van der Waals surface area (Å²) in [5, 5.41) is 9.41. The summed E-state index contributed by atoms with van der Waals surface area (Å²) in [7, 11) is 0. The number of rotatable bonds is 5. The molecule has 0 radical (unpaired) electrons. The minimum Gasteiger partial charge on any atom is -0.479 e. The zero-order valence-corrected chi connectivity index (χ0v) is 10.1. The maximum atomic E-state index is 10.7. The number of aliphatic carboxylic acids is 1. The van der Waals surface area contributed by atoms with E-state index in [1.165, 1.54) is 6.92 Å². The van der Waals surface area contributed by atoms with E-state index < -0.39 is 12.1 Å². The molecule has 0 saturated heterocycles. The van der Waals surface area contributed by atoms with Crippen LogP contribution in [-0.2, 0) is 11.2 Å². The third kappa shape index (κ3) is 3.42. The van der Waals surface area contributed by atoms with Crippen molar-refractivity contribution < 1.29 is 14.6 Å². The van der Waals surface area contributed by atoms with Gasteiger partial charge in [0, 0.05) is 5.02 Å². The lowest BCUT2D eigenvalue weighted by Crippen LogP contribution is -2.23. The Morgan fingerprint density at radius 2 is 2.25 bits per heavy atom. The highest BCUT2D eigenvalue weighted by atomic mass is 35.5. The van der Waals surface area contributed by atoms with Gasteiger partial charge in [-0.15, -0.1) is 0 Å². The van der Waals surface area contributed by atoms with Crippen molar-refractivity contribution in [3.63, 3.8) is 0 Å². The number of aryl methyl sites for hydroxylation is 1. The van der Waals surface area contributed by atoms with Crippen LogP contribution in [0.2, 0.25) is 5.02 Å². The van der Waals surface area contributed by atoms with Gasteiger partial charge in [0.05, 0.1) is 0 Å². The van der Waals surface area contributed by atoms with Gasteiger partial charge < -0.3 is 9.84 Å². The Hall–Kier alpha value is -1.22. The summed E-state index contributed by atoms with van der Waals surface area (Å²) in [6.07, 6.45) is 0.928. The Morgan fingerprint density at radius 3 is 2.81 bits per heavy atom. The van der Waals surface area contributed by atoms with Crippen LogP contribution in [0.15, 0.2) is 18.2 Å². The number of hydrogen-bond donors (Lipinski definition) is 1. The number of carboxylic acids is 1. The molecule has 0 aliphatic carbocycles. The van der Waals surface area contributed by atoms with Crippen molar-refractivity contribution in [3.8, 4) is 5.75 Å². The van der Waals surface area contributed by atoms with Crippen LogP contribution in [0, 0.1) is 0 Å². The van der Waals surface area contributed by atoms with Crippen molar-refractivity contribution in [3.05, 3.63) is 28.8 Å². The summed E-state index contributed by atoms with van der Waals surface area (Å²) in [6, 6.07) is 5.23. The van der Waals surface area contributed by atoms with Crippen LogP contribution < -0.4 is 4.74 Å². The Morgan fingerprint density at radius 1 is 1.56 bits per heavy atom. The van der Waals surface area contributed by atoms with Crippen LogP contribution in [0.4, 0.5) is 0 Å². The number of carbonyl (C=O) groups is 1. The number of halogens is 1. The Balaban J connectivity index is 2.89. The summed E-state index contributed by atoms with van der Waals surface area (Å²) in [6.45, 7) is 3.55. The average Bonchev–Trinajstić information content (AvgIpc) is 2.22. The zero-order chi connectivity index (χ0) is 12.1. The third-order valence-electron chi connectivity index (χ3n) is 2.19. The minimum atomic E-state index is -0.975. The molecule has 0 saturated carbocycles. The van der Waals surface area contributed by atoms with Gasteiger partial charge in [0.1, 0.15) is 5.75 Å². The molecule has 0 aliphatic rings. The van der Waals surface area contributed by atoms with Crippen molar-refractivity contribution in [1.29, 1.82) is 0 Å². The standard InChI is InChI=1S/C12H15ClO3/c1-3-4-9-7-10(13)5-6-11(9)16-8(2)12(14)15/h5-8H,3-4H2,1-2H3,(H,14,15). The zero-order valence-electron chi connectivity index (χ0n) is 9.37. The molecule has 16 heavy (non-hydrogen) atoms. The third-order valence-corrected chi connectivity index (χ3v) is 2.43. The number of carboxylic acid groups (broad SMARTS) is 1. The van der Waals surface area contributed by atoms with E-state index in [0.717, 1.165) is 18.4 Å². The van der Waals surface area contributed by atoms with E-state index in [2.05, 4.69) is 0 Å². The van der Waals surface area contributed by atoms with Crippen molar-refractivity contribution in [2.45, 2.75) is 32.8 Å². The average molecular weight is 243 g/mol. The molecule has 1 unspecified atom stereocenters. The predicted molar refractivity (Wildman–Crippen MR) is 63.2 cm³/mol. The van der Waals surface area contributed by atoms with Crippen LogP contribution in [0.5, 0.6) is 5.75 Å². The highest BCUT2D eigenvalue weighted by Crippen LogP contribution is 2.25. The first-order valence-electron chi connectivity index (χ1n) is 5.22. The minimum absolute atomic E-state index is 0.598. The summed E-state index contributed by atoms with van der Waals surface area (Å²) < 4.78 is 5.36. The first kappa shape index (κ1) is 12.8. The number of ether oxygens (including phenoxy) is 1. The van der Waals surface area contributed by atoms with Gasteiger partial charge in [-0.1, -0.05) is 24.9 Å². The van der Waals surface area contributed by atoms with E-state index in [1.54, 1.807) is 12.1 Å². The van der Waals surface area contributed by atoms with Gasteiger partial charge in [-0.25, -0.2) is 4.79 Å². The fraction of sp³-hybridized carbons (Fsp3) is 0.417. The van der Waals surface area contributed by atoms with E-state index in [-0.39, 0.29) is 0 Å². The second kappa shape index (κ2) is 5.75. The number of benzene rings is 1. The topological polar surface area (TPSA) is 46.5 Å². The lowest BCUT2D eigenvalue weighted by molar-refractivity contribution is -0.144. The molecule has 1 aromatic carbocycles. The molecule has 0 heterocycles. The van der Waals surface area contributed by atoms with E-state index in [1.807, 2.05) is 13.0 Å². The summed E-state index contributed by atoms with van der Waals surface area (Å²) in [4.78, 5) is 10.7. The van der Waals surface area contributed by atoms with Crippen LogP contribution in [0.1, 0.15) is 25.8 Å². The smallest absolute Gasteiger partial charge is 0.344 e. The van der Waals surface area contributed by atoms with Gasteiger partial charge in [-0.05, 0) is 37.1 Å². The normalized spacial score (nSPS) is 12.2. The molecule has 0 bridgehead atoms. The molecule has 0 amide bonds. The Kier molecular flexibility index (Phi) is 4.62. The molecular formula is C12H15ClO3. The van der Waals surface area contributed by atoms with Crippen molar-refractivity contribution in [1.82, 2.24) is 0 Å². The summed E-state index contributed by atoms with van der Waals surface area (Å²) in [5.74, 6) is -0.376. The second-order valence-corrected chi connectivity index (χ2v) is 4.04. The second-order valence-electron chi connectivity index (χ2n) is 3.60. The lowest BCUT2D eigenvalue weighted by Gasteiger charge is -2.14. The molecule has 0 spiro atoms. The Bertz CT molecular complexity index is 377. The van der Waals surface area contributed by atoms with E-state index in [4.69, 9.17) is 21.4 Å². The van der Waals surface area contributed by atoms with Crippen LogP contribution in [0.25, 0.3) is 0 Å². The van der Waals surface area contributed by atoms with E-state index >= 15 is 0 Å². The van der Waals surface area contributed by atoms with Crippen LogP contribution in [0.3, 0.4) is 0 Å². The summed E-state index contributed by atoms with van der Waals surface area (Å²) in [5.41, 5.74) is 0.947. The molecule has 1 aromatic rings. The predicted octanol–water partition coefficient (Wildman–Crippen LogP) is 3.14. The molecule has 1 N–H and O–H groups in total. The molecule has 1 rings (SSSR count). The van der Waals surface area contributed by atoms with Crippen molar-refractivity contribution in [2.75, 3.05) is 0 Å². The number of hydrogen-bond acceptors (Lipinski definition) is 2. The van der Waals surface area contributed by atoms with Gasteiger partial charge in [0.25, 0.3) is 0 Å². The summed E-state index contributed by atoms with van der Waals surface area (Å²) >= 11 is 5.88. The first-order chi connectivity index (χ1) is 7.54. The van der Waals surface area contributed by atoms with Crippen molar-refractivity contribution >= 4 is 17.6 Å². The van der Waals surface area contributed by atoms with Gasteiger partial charge in [-0.3, -0.25) is 0 Å². The van der Waals surface area contributed by atoms with E-state index in [0.29, 0.717) is 10.8 Å². The molecular weight excluding hydrogens is 228 g/mol. The van der Waals surface area contributed by atoms with Gasteiger partial charge in [0.15, 0.2) is 6.10 Å². The Labute approximate surface area is 100.0 Å².